The Morgan fingerprint density at radius 1 is 1.21 bits per heavy atom. The van der Waals surface area contributed by atoms with Gasteiger partial charge in [-0.05, 0) is 46.0 Å². The van der Waals surface area contributed by atoms with E-state index < -0.39 is 0 Å². The fraction of sp³-hybridized carbons (Fsp3) is 0.348. The van der Waals surface area contributed by atoms with E-state index in [1.807, 2.05) is 35.4 Å². The number of ether oxygens (including phenoxy) is 1. The number of fused-ring (bicyclic) bond motifs is 1. The second-order valence-electron chi connectivity index (χ2n) is 7.59. The van der Waals surface area contributed by atoms with Gasteiger partial charge in [0.1, 0.15) is 11.8 Å². The molecule has 0 radical (unpaired) electrons. The summed E-state index contributed by atoms with van der Waals surface area (Å²) in [6.07, 6.45) is 2.38. The predicted octanol–water partition coefficient (Wildman–Crippen LogP) is 3.29. The first-order chi connectivity index (χ1) is 13.6. The Hall–Kier alpha value is -2.37. The van der Waals surface area contributed by atoms with E-state index in [0.717, 1.165) is 23.2 Å². The summed E-state index contributed by atoms with van der Waals surface area (Å²) in [5, 5.41) is 4.45. The van der Waals surface area contributed by atoms with Crippen molar-refractivity contribution in [1.29, 1.82) is 0 Å². The molecular weight excluding hydrogens is 368 g/mol. The summed E-state index contributed by atoms with van der Waals surface area (Å²) in [5.74, 6) is 1.08. The topological polar surface area (TPSA) is 34.0 Å². The molecule has 0 spiro atoms. The fourth-order valence-electron chi connectivity index (χ4n) is 4.15. The molecule has 146 valence electrons. The predicted molar refractivity (Wildman–Crippen MR) is 114 cm³/mol. The summed E-state index contributed by atoms with van der Waals surface area (Å²) in [6.45, 7) is 2.29. The molecule has 1 aliphatic rings. The smallest absolute Gasteiger partial charge is 0.277 e. The zero-order valence-electron chi connectivity index (χ0n) is 16.5. The monoisotopic (exact) mass is 395 g/mol. The molecule has 1 amide bonds. The van der Waals surface area contributed by atoms with Crippen LogP contribution in [0.25, 0.3) is 10.8 Å². The molecule has 2 atom stereocenters. The first kappa shape index (κ1) is 19.0. The van der Waals surface area contributed by atoms with Gasteiger partial charge in [0.05, 0.1) is 18.5 Å². The zero-order valence-corrected chi connectivity index (χ0v) is 17.3. The lowest BCUT2D eigenvalue weighted by atomic mass is 10.1. The number of carbonyl (C=O) groups excluding carboxylic acids is 1. The van der Waals surface area contributed by atoms with Crippen LogP contribution in [0.1, 0.15) is 29.3 Å². The molecule has 28 heavy (non-hydrogen) atoms. The lowest BCUT2D eigenvalue weighted by molar-refractivity contribution is -0.910. The zero-order chi connectivity index (χ0) is 19.5. The molecule has 0 bridgehead atoms. The minimum absolute atomic E-state index is 0.216. The maximum atomic E-state index is 12.9. The molecule has 4 rings (SSSR count). The first-order valence-electron chi connectivity index (χ1n) is 9.82. The number of benzene rings is 2. The number of rotatable bonds is 6. The molecular formula is C23H27N2O2S+. The highest BCUT2D eigenvalue weighted by Crippen LogP contribution is 2.24. The molecule has 0 aliphatic carbocycles. The van der Waals surface area contributed by atoms with E-state index >= 15 is 0 Å². The Morgan fingerprint density at radius 2 is 2.04 bits per heavy atom. The van der Waals surface area contributed by atoms with E-state index in [2.05, 4.69) is 41.8 Å². The number of thiophene rings is 1. The van der Waals surface area contributed by atoms with Crippen LogP contribution < -0.4 is 9.64 Å². The van der Waals surface area contributed by atoms with Crippen molar-refractivity contribution >= 4 is 28.0 Å². The molecule has 2 heterocycles. The minimum atomic E-state index is 0.216. The van der Waals surface area contributed by atoms with Gasteiger partial charge in [-0.2, -0.15) is 0 Å². The third-order valence-corrected chi connectivity index (χ3v) is 6.69. The van der Waals surface area contributed by atoms with E-state index in [9.17, 15) is 4.79 Å². The summed E-state index contributed by atoms with van der Waals surface area (Å²) in [5.41, 5.74) is 1.15. The second kappa shape index (κ2) is 8.33. The number of hydrogen-bond donors (Lipinski definition) is 1. The molecule has 3 aromatic rings. The lowest BCUT2D eigenvalue weighted by Gasteiger charge is -2.23. The molecule has 1 N–H and O–H groups in total. The van der Waals surface area contributed by atoms with Crippen LogP contribution in [-0.2, 0) is 11.3 Å². The number of quaternary nitrogens is 1. The van der Waals surface area contributed by atoms with Gasteiger partial charge in [-0.25, -0.2) is 0 Å². The minimum Gasteiger partial charge on any atom is -0.497 e. The van der Waals surface area contributed by atoms with Gasteiger partial charge in [0.25, 0.3) is 5.91 Å². The van der Waals surface area contributed by atoms with E-state index in [4.69, 9.17) is 4.74 Å². The summed E-state index contributed by atoms with van der Waals surface area (Å²) in [6, 6.07) is 17.2. The lowest BCUT2D eigenvalue weighted by Crippen LogP contribution is -3.11. The largest absolute Gasteiger partial charge is 0.497 e. The van der Waals surface area contributed by atoms with Crippen LogP contribution in [0, 0.1) is 0 Å². The van der Waals surface area contributed by atoms with Gasteiger partial charge >= 0.3 is 0 Å². The van der Waals surface area contributed by atoms with Crippen molar-refractivity contribution in [2.24, 2.45) is 0 Å². The van der Waals surface area contributed by atoms with Gasteiger partial charge in [0.15, 0.2) is 6.54 Å². The average Bonchev–Trinajstić information content (AvgIpc) is 3.39. The quantitative estimate of drug-likeness (QED) is 0.695. The highest BCUT2D eigenvalue weighted by molar-refractivity contribution is 7.10. The number of nitrogens with zero attached hydrogens (tertiary/aromatic N) is 1. The Labute approximate surface area is 170 Å². The van der Waals surface area contributed by atoms with Gasteiger partial charge in [0.2, 0.25) is 0 Å². The fourth-order valence-corrected chi connectivity index (χ4v) is 5.07. The van der Waals surface area contributed by atoms with Crippen molar-refractivity contribution in [2.75, 3.05) is 27.2 Å². The number of methoxy groups -OCH3 is 1. The van der Waals surface area contributed by atoms with Gasteiger partial charge in [-0.3, -0.25) is 4.79 Å². The molecule has 2 aromatic carbocycles. The second-order valence-corrected chi connectivity index (χ2v) is 8.57. The SMILES string of the molecule is COc1ccc2cc(CN(C)C(=O)C[NH+]3CCC[C@@H]3c3cccs3)ccc2c1. The highest BCUT2D eigenvalue weighted by Gasteiger charge is 2.32. The van der Waals surface area contributed by atoms with Crippen molar-refractivity contribution in [3.63, 3.8) is 0 Å². The Kier molecular flexibility index (Phi) is 5.64. The third kappa shape index (κ3) is 4.05. The van der Waals surface area contributed by atoms with Crippen LogP contribution in [0.3, 0.4) is 0 Å². The van der Waals surface area contributed by atoms with Crippen molar-refractivity contribution in [3.8, 4) is 5.75 Å². The summed E-state index contributed by atoms with van der Waals surface area (Å²) < 4.78 is 5.29. The van der Waals surface area contributed by atoms with E-state index in [1.54, 1.807) is 7.11 Å². The van der Waals surface area contributed by atoms with Crippen molar-refractivity contribution in [2.45, 2.75) is 25.4 Å². The van der Waals surface area contributed by atoms with E-state index in [0.29, 0.717) is 19.1 Å². The molecule has 1 unspecified atom stereocenters. The Balaban J connectivity index is 1.41. The first-order valence-corrected chi connectivity index (χ1v) is 10.7. The summed E-state index contributed by atoms with van der Waals surface area (Å²) in [4.78, 5) is 17.5. The Morgan fingerprint density at radius 3 is 2.82 bits per heavy atom. The van der Waals surface area contributed by atoms with Crippen LogP contribution in [0.4, 0.5) is 0 Å². The van der Waals surface area contributed by atoms with Crippen molar-refractivity contribution < 1.29 is 14.4 Å². The van der Waals surface area contributed by atoms with Crippen molar-refractivity contribution in [3.05, 3.63) is 64.4 Å². The Bertz CT molecular complexity index is 954. The third-order valence-electron chi connectivity index (χ3n) is 5.71. The van der Waals surface area contributed by atoms with Crippen LogP contribution in [0.2, 0.25) is 0 Å². The number of nitrogens with one attached hydrogen (secondary N) is 1. The van der Waals surface area contributed by atoms with Crippen LogP contribution >= 0.6 is 11.3 Å². The molecule has 1 aliphatic heterocycles. The molecule has 4 nitrogen and oxygen atoms in total. The molecule has 1 saturated heterocycles. The molecule has 0 saturated carbocycles. The highest BCUT2D eigenvalue weighted by atomic mass is 32.1. The van der Waals surface area contributed by atoms with Crippen LogP contribution in [0.5, 0.6) is 5.75 Å². The maximum absolute atomic E-state index is 12.9. The summed E-state index contributed by atoms with van der Waals surface area (Å²) in [7, 11) is 3.59. The van der Waals surface area contributed by atoms with E-state index in [-0.39, 0.29) is 5.91 Å². The summed E-state index contributed by atoms with van der Waals surface area (Å²) >= 11 is 1.81. The molecule has 1 aromatic heterocycles. The number of hydrogen-bond acceptors (Lipinski definition) is 3. The maximum Gasteiger partial charge on any atom is 0.277 e. The normalized spacial score (nSPS) is 19.1. The van der Waals surface area contributed by atoms with Gasteiger partial charge in [0, 0.05) is 26.4 Å². The van der Waals surface area contributed by atoms with Crippen molar-refractivity contribution in [1.82, 2.24) is 4.90 Å². The van der Waals surface area contributed by atoms with Crippen LogP contribution in [-0.4, -0.2) is 38.1 Å². The number of carbonyl (C=O) groups is 1. The van der Waals surface area contributed by atoms with Crippen LogP contribution in [0.15, 0.2) is 53.9 Å². The van der Waals surface area contributed by atoms with Gasteiger partial charge < -0.3 is 14.5 Å². The number of amides is 1. The van der Waals surface area contributed by atoms with E-state index in [1.165, 1.54) is 28.0 Å². The number of likely N-dealkylation sites (N-methyl/N-ethyl adjacent to an activating group) is 1. The standard InChI is InChI=1S/C23H26N2O2S/c1-24(15-17-7-8-19-14-20(27-2)10-9-18(19)13-17)23(26)16-25-11-3-5-21(25)22-6-4-12-28-22/h4,6-10,12-14,21H,3,5,11,15-16H2,1-2H3/p+1/t21-/m1/s1. The molecule has 5 heteroatoms. The van der Waals surface area contributed by atoms with Gasteiger partial charge in [-0.15, -0.1) is 11.3 Å². The number of likely N-dealkylation sites (tertiary alicyclic amines) is 1. The van der Waals surface area contributed by atoms with Gasteiger partial charge in [-0.1, -0.05) is 24.3 Å². The molecule has 1 fully saturated rings. The average molecular weight is 396 g/mol.